The van der Waals surface area contributed by atoms with E-state index in [1.54, 1.807) is 23.6 Å². The molecular weight excluding hydrogens is 236 g/mol. The molecule has 0 aliphatic carbocycles. The second-order valence-electron chi connectivity index (χ2n) is 3.16. The second-order valence-corrected chi connectivity index (χ2v) is 6.76. The average Bonchev–Trinajstić information content (AvgIpc) is 2.28. The van der Waals surface area contributed by atoms with E-state index in [1.165, 1.54) is 0 Å². The Morgan fingerprint density at radius 3 is 2.87 bits per heavy atom. The highest BCUT2D eigenvalue weighted by Gasteiger charge is 2.33. The van der Waals surface area contributed by atoms with Crippen LogP contribution >= 0.6 is 11.8 Å². The van der Waals surface area contributed by atoms with Crippen molar-refractivity contribution < 1.29 is 8.42 Å². The van der Waals surface area contributed by atoms with Crippen molar-refractivity contribution in [1.82, 2.24) is 4.90 Å². The number of sulfone groups is 1. The van der Waals surface area contributed by atoms with E-state index in [9.17, 15) is 8.42 Å². The highest BCUT2D eigenvalue weighted by molar-refractivity contribution is 8.01. The predicted octanol–water partition coefficient (Wildman–Crippen LogP) is -1.02. The fourth-order valence-electron chi connectivity index (χ4n) is 1.41. The first-order valence-electron chi connectivity index (χ1n) is 4.62. The van der Waals surface area contributed by atoms with E-state index in [2.05, 4.69) is 5.10 Å². The van der Waals surface area contributed by atoms with Crippen LogP contribution in [0.3, 0.4) is 0 Å². The Labute approximate surface area is 94.0 Å². The predicted molar refractivity (Wildman–Crippen MR) is 63.1 cm³/mol. The summed E-state index contributed by atoms with van der Waals surface area (Å²) < 4.78 is 23.6. The van der Waals surface area contributed by atoms with Gasteiger partial charge in [-0.2, -0.15) is 11.8 Å². The quantitative estimate of drug-likeness (QED) is 0.282. The first-order chi connectivity index (χ1) is 7.03. The molecule has 0 amide bonds. The van der Waals surface area contributed by atoms with E-state index in [4.69, 9.17) is 11.6 Å². The minimum absolute atomic E-state index is 0.0947. The van der Waals surface area contributed by atoms with Gasteiger partial charge in [-0.25, -0.2) is 8.42 Å². The Morgan fingerprint density at radius 1 is 1.67 bits per heavy atom. The summed E-state index contributed by atoms with van der Waals surface area (Å²) in [4.78, 5) is 1.56. The lowest BCUT2D eigenvalue weighted by Gasteiger charge is -2.34. The fraction of sp³-hybridized carbons (Fsp3) is 0.857. The van der Waals surface area contributed by atoms with Gasteiger partial charge in [0, 0.05) is 23.8 Å². The topological polar surface area (TPSA) is 102 Å². The standard InChI is InChI=1S/C7H16N4O2S2/c1-2-15(12,13)6-5-14-4-3-11(6)7(8)10-9/h6H,2-5,9H2,1H3,(H2,8,10). The Morgan fingerprint density at radius 2 is 2.33 bits per heavy atom. The lowest BCUT2D eigenvalue weighted by Crippen LogP contribution is -2.53. The molecule has 1 atom stereocenters. The van der Waals surface area contributed by atoms with Crippen LogP contribution in [-0.2, 0) is 9.84 Å². The fourth-order valence-corrected chi connectivity index (χ4v) is 4.39. The molecule has 1 unspecified atom stereocenters. The summed E-state index contributed by atoms with van der Waals surface area (Å²) in [5.41, 5.74) is 5.57. The van der Waals surface area contributed by atoms with E-state index in [0.717, 1.165) is 5.75 Å². The third kappa shape index (κ3) is 2.69. The van der Waals surface area contributed by atoms with E-state index in [1.807, 2.05) is 0 Å². The SMILES string of the molecule is CCS(=O)(=O)C1CSCCN1C(N)=NN. The molecule has 8 heteroatoms. The molecule has 0 saturated carbocycles. The molecule has 0 aromatic rings. The average molecular weight is 252 g/mol. The summed E-state index contributed by atoms with van der Waals surface area (Å²) in [5.74, 6) is 6.63. The number of thioether (sulfide) groups is 1. The van der Waals surface area contributed by atoms with Gasteiger partial charge in [0.1, 0.15) is 5.37 Å². The van der Waals surface area contributed by atoms with Gasteiger partial charge in [0.15, 0.2) is 9.84 Å². The van der Waals surface area contributed by atoms with Crippen molar-refractivity contribution in [2.24, 2.45) is 16.7 Å². The monoisotopic (exact) mass is 252 g/mol. The molecule has 0 aromatic heterocycles. The highest BCUT2D eigenvalue weighted by Crippen LogP contribution is 2.20. The van der Waals surface area contributed by atoms with Crippen LogP contribution in [0.1, 0.15) is 6.92 Å². The first-order valence-corrected chi connectivity index (χ1v) is 7.49. The molecule has 1 rings (SSSR count). The van der Waals surface area contributed by atoms with Crippen LogP contribution in [0.5, 0.6) is 0 Å². The lowest BCUT2D eigenvalue weighted by atomic mass is 10.5. The van der Waals surface area contributed by atoms with Gasteiger partial charge in [-0.05, 0) is 0 Å². The summed E-state index contributed by atoms with van der Waals surface area (Å²) in [7, 11) is -3.14. The molecular formula is C7H16N4O2S2. The number of hydrazone groups is 1. The minimum atomic E-state index is -3.14. The molecule has 1 aliphatic heterocycles. The van der Waals surface area contributed by atoms with Crippen molar-refractivity contribution in [3.05, 3.63) is 0 Å². The van der Waals surface area contributed by atoms with Gasteiger partial charge < -0.3 is 16.5 Å². The van der Waals surface area contributed by atoms with Crippen molar-refractivity contribution in [3.63, 3.8) is 0 Å². The van der Waals surface area contributed by atoms with E-state index < -0.39 is 15.2 Å². The summed E-state index contributed by atoms with van der Waals surface area (Å²) in [6.07, 6.45) is 0. The maximum absolute atomic E-state index is 11.8. The number of hydrogen-bond donors (Lipinski definition) is 2. The lowest BCUT2D eigenvalue weighted by molar-refractivity contribution is 0.404. The van der Waals surface area contributed by atoms with Crippen LogP contribution in [0.4, 0.5) is 0 Å². The number of nitrogens with zero attached hydrogens (tertiary/aromatic N) is 2. The molecule has 0 radical (unpaired) electrons. The number of rotatable bonds is 2. The van der Waals surface area contributed by atoms with Crippen molar-refractivity contribution in [2.45, 2.75) is 12.3 Å². The van der Waals surface area contributed by atoms with Crippen molar-refractivity contribution in [3.8, 4) is 0 Å². The zero-order valence-corrected chi connectivity index (χ0v) is 10.2. The molecule has 6 nitrogen and oxygen atoms in total. The third-order valence-electron chi connectivity index (χ3n) is 2.33. The Balaban J connectivity index is 2.93. The van der Waals surface area contributed by atoms with Crippen LogP contribution in [0.25, 0.3) is 0 Å². The summed E-state index contributed by atoms with van der Waals surface area (Å²) in [6, 6.07) is 0. The molecule has 4 N–H and O–H groups in total. The van der Waals surface area contributed by atoms with Gasteiger partial charge in [0.05, 0.1) is 0 Å². The first kappa shape index (κ1) is 12.4. The maximum atomic E-state index is 11.8. The van der Waals surface area contributed by atoms with Gasteiger partial charge in [-0.1, -0.05) is 6.92 Å². The van der Waals surface area contributed by atoms with Gasteiger partial charge in [0.25, 0.3) is 0 Å². The van der Waals surface area contributed by atoms with Crippen LogP contribution < -0.4 is 11.6 Å². The van der Waals surface area contributed by atoms with E-state index >= 15 is 0 Å². The maximum Gasteiger partial charge on any atom is 0.214 e. The molecule has 88 valence electrons. The van der Waals surface area contributed by atoms with Crippen molar-refractivity contribution >= 4 is 27.6 Å². The van der Waals surface area contributed by atoms with Gasteiger partial charge >= 0.3 is 0 Å². The van der Waals surface area contributed by atoms with Gasteiger partial charge in [-0.15, -0.1) is 5.10 Å². The molecule has 0 bridgehead atoms. The molecule has 1 fully saturated rings. The molecule has 15 heavy (non-hydrogen) atoms. The van der Waals surface area contributed by atoms with Crippen LogP contribution in [-0.4, -0.2) is 48.5 Å². The van der Waals surface area contributed by atoms with Crippen LogP contribution in [0, 0.1) is 0 Å². The Bertz CT molecular complexity index is 341. The van der Waals surface area contributed by atoms with E-state index in [-0.39, 0.29) is 11.7 Å². The second kappa shape index (κ2) is 4.93. The van der Waals surface area contributed by atoms with Crippen molar-refractivity contribution in [1.29, 1.82) is 0 Å². The van der Waals surface area contributed by atoms with Gasteiger partial charge in [0.2, 0.25) is 5.96 Å². The van der Waals surface area contributed by atoms with E-state index in [0.29, 0.717) is 12.3 Å². The molecule has 1 aliphatic rings. The smallest absolute Gasteiger partial charge is 0.214 e. The zero-order chi connectivity index (χ0) is 11.5. The Kier molecular flexibility index (Phi) is 4.09. The Hall–Kier alpha value is -0.630. The molecule has 1 saturated heterocycles. The van der Waals surface area contributed by atoms with Gasteiger partial charge in [-0.3, -0.25) is 0 Å². The normalized spacial score (nSPS) is 24.2. The molecule has 1 heterocycles. The molecule has 0 spiro atoms. The summed E-state index contributed by atoms with van der Waals surface area (Å²) >= 11 is 1.60. The zero-order valence-electron chi connectivity index (χ0n) is 8.59. The summed E-state index contributed by atoms with van der Waals surface area (Å²) in [5, 5.41) is 2.77. The summed E-state index contributed by atoms with van der Waals surface area (Å²) in [6.45, 7) is 2.20. The highest BCUT2D eigenvalue weighted by atomic mass is 32.2. The third-order valence-corrected chi connectivity index (χ3v) is 5.62. The largest absolute Gasteiger partial charge is 0.368 e. The van der Waals surface area contributed by atoms with Crippen molar-refractivity contribution in [2.75, 3.05) is 23.8 Å². The van der Waals surface area contributed by atoms with Crippen LogP contribution in [0.2, 0.25) is 0 Å². The number of nitrogens with two attached hydrogens (primary N) is 2. The number of guanidine groups is 1. The minimum Gasteiger partial charge on any atom is -0.368 e. The number of hydrogen-bond acceptors (Lipinski definition) is 5. The van der Waals surface area contributed by atoms with Crippen LogP contribution in [0.15, 0.2) is 5.10 Å². The molecule has 0 aromatic carbocycles.